The molecule has 2 rings (SSSR count). The van der Waals surface area contributed by atoms with E-state index in [1.165, 1.54) is 0 Å². The summed E-state index contributed by atoms with van der Waals surface area (Å²) in [5.74, 6) is -1.85. The van der Waals surface area contributed by atoms with Gasteiger partial charge < -0.3 is 20.4 Å². The lowest BCUT2D eigenvalue weighted by atomic mass is 10.2. The Morgan fingerprint density at radius 1 is 1.47 bits per heavy atom. The molecule has 0 aliphatic carbocycles. The number of hydrogen-bond acceptors (Lipinski definition) is 3. The van der Waals surface area contributed by atoms with Gasteiger partial charge in [0.1, 0.15) is 7.80 Å². The minimum absolute atomic E-state index is 0.280. The van der Waals surface area contributed by atoms with Crippen molar-refractivity contribution in [2.24, 2.45) is 5.73 Å². The van der Waals surface area contributed by atoms with E-state index in [2.05, 4.69) is 4.98 Å². The molecule has 2 aromatic rings. The second-order valence-electron chi connectivity index (χ2n) is 3.82. The smallest absolute Gasteiger partial charge is 0.305 e. The Balaban J connectivity index is 2.33. The quantitative estimate of drug-likeness (QED) is 0.710. The number of fused-ring (bicyclic) bond motifs is 1. The molecule has 0 fully saturated rings. The molecule has 0 aliphatic heterocycles. The zero-order valence-corrected chi connectivity index (χ0v) is 10.0. The summed E-state index contributed by atoms with van der Waals surface area (Å²) >= 11 is 0. The summed E-state index contributed by atoms with van der Waals surface area (Å²) in [6, 6.07) is 7.43. The molecule has 0 saturated heterocycles. The third kappa shape index (κ3) is 2.40. The Morgan fingerprint density at radius 2 is 2.18 bits per heavy atom. The number of aromatic nitrogens is 1. The lowest BCUT2D eigenvalue weighted by molar-refractivity contribution is -0.136. The fourth-order valence-corrected chi connectivity index (χ4v) is 3.21. The molecular formula is C11H13N2O3P. The summed E-state index contributed by atoms with van der Waals surface area (Å²) < 4.78 is 12.1. The van der Waals surface area contributed by atoms with Crippen molar-refractivity contribution in [3.8, 4) is 0 Å². The number of H-pyrrole nitrogens is 1. The SMILES string of the molecule is NC(CC(=O)O)[PH](=O)c1c[nH]c2ccccc12. The van der Waals surface area contributed by atoms with Crippen molar-refractivity contribution in [3.63, 3.8) is 0 Å². The van der Waals surface area contributed by atoms with E-state index in [1.54, 1.807) is 6.20 Å². The molecule has 1 aromatic carbocycles. The Kier molecular flexibility index (Phi) is 3.31. The molecule has 0 radical (unpaired) electrons. The van der Waals surface area contributed by atoms with Gasteiger partial charge in [0.15, 0.2) is 0 Å². The average Bonchev–Trinajstić information content (AvgIpc) is 2.70. The highest BCUT2D eigenvalue weighted by Crippen LogP contribution is 2.29. The maximum atomic E-state index is 12.1. The number of carboxylic acid groups (broad SMARTS) is 1. The van der Waals surface area contributed by atoms with Crippen molar-refractivity contribution in [2.75, 3.05) is 0 Å². The van der Waals surface area contributed by atoms with Crippen molar-refractivity contribution in [3.05, 3.63) is 30.5 Å². The van der Waals surface area contributed by atoms with Crippen molar-refractivity contribution in [2.45, 2.75) is 12.2 Å². The molecule has 17 heavy (non-hydrogen) atoms. The summed E-state index contributed by atoms with van der Waals surface area (Å²) in [4.78, 5) is 13.5. The van der Waals surface area contributed by atoms with Crippen molar-refractivity contribution >= 4 is 30.0 Å². The monoisotopic (exact) mass is 252 g/mol. The standard InChI is InChI=1S/C11H13N2O3P/c12-10(5-11(14)15)17(16)9-6-13-8-4-2-1-3-7(8)9/h1-4,6,10,13,17H,5,12H2,(H,14,15). The van der Waals surface area contributed by atoms with Gasteiger partial charge in [0.05, 0.1) is 12.2 Å². The number of para-hydroxylation sites is 1. The summed E-state index contributed by atoms with van der Waals surface area (Å²) in [6.07, 6.45) is 1.37. The van der Waals surface area contributed by atoms with Gasteiger partial charge in [0.2, 0.25) is 0 Å². The highest BCUT2D eigenvalue weighted by Gasteiger charge is 2.19. The Morgan fingerprint density at radius 3 is 2.88 bits per heavy atom. The first-order valence-corrected chi connectivity index (χ1v) is 6.66. The van der Waals surface area contributed by atoms with E-state index in [1.807, 2.05) is 24.3 Å². The van der Waals surface area contributed by atoms with Crippen LogP contribution in [-0.2, 0) is 9.36 Å². The molecule has 6 heteroatoms. The molecule has 1 aromatic heterocycles. The number of aliphatic carboxylic acids is 1. The second-order valence-corrected chi connectivity index (χ2v) is 5.83. The summed E-state index contributed by atoms with van der Waals surface area (Å²) in [7, 11) is -2.31. The maximum Gasteiger partial charge on any atom is 0.305 e. The second kappa shape index (κ2) is 4.73. The van der Waals surface area contributed by atoms with Crippen LogP contribution in [0.25, 0.3) is 10.9 Å². The molecule has 5 nitrogen and oxygen atoms in total. The predicted molar refractivity (Wildman–Crippen MR) is 67.2 cm³/mol. The van der Waals surface area contributed by atoms with Gasteiger partial charge >= 0.3 is 5.97 Å². The van der Waals surface area contributed by atoms with E-state index in [0.29, 0.717) is 5.30 Å². The third-order valence-electron chi connectivity index (χ3n) is 2.59. The fourth-order valence-electron chi connectivity index (χ4n) is 1.76. The lowest BCUT2D eigenvalue weighted by Gasteiger charge is -2.07. The number of benzene rings is 1. The first-order chi connectivity index (χ1) is 8.09. The van der Waals surface area contributed by atoms with Crippen molar-refractivity contribution in [1.29, 1.82) is 0 Å². The number of carbonyl (C=O) groups is 1. The minimum atomic E-state index is -2.31. The largest absolute Gasteiger partial charge is 0.481 e. The van der Waals surface area contributed by atoms with Crippen LogP contribution >= 0.6 is 7.80 Å². The van der Waals surface area contributed by atoms with Gasteiger partial charge in [-0.25, -0.2) is 0 Å². The molecule has 1 heterocycles. The Bertz CT molecular complexity index is 579. The summed E-state index contributed by atoms with van der Waals surface area (Å²) in [6.45, 7) is 0. The van der Waals surface area contributed by atoms with E-state index < -0.39 is 19.6 Å². The highest BCUT2D eigenvalue weighted by atomic mass is 31.1. The van der Waals surface area contributed by atoms with Crippen molar-refractivity contribution < 1.29 is 14.5 Å². The van der Waals surface area contributed by atoms with Crippen LogP contribution in [0.1, 0.15) is 6.42 Å². The topological polar surface area (TPSA) is 96.2 Å². The molecule has 2 unspecified atom stereocenters. The van der Waals surface area contributed by atoms with Gasteiger partial charge in [-0.2, -0.15) is 0 Å². The molecule has 4 N–H and O–H groups in total. The number of aromatic amines is 1. The molecular weight excluding hydrogens is 239 g/mol. The zero-order valence-electron chi connectivity index (χ0n) is 9.01. The minimum Gasteiger partial charge on any atom is -0.481 e. The zero-order chi connectivity index (χ0) is 12.4. The van der Waals surface area contributed by atoms with Crippen LogP contribution in [0.3, 0.4) is 0 Å². The fraction of sp³-hybridized carbons (Fsp3) is 0.182. The molecule has 2 atom stereocenters. The van der Waals surface area contributed by atoms with Gasteiger partial charge in [-0.05, 0) is 6.07 Å². The van der Waals surface area contributed by atoms with Crippen LogP contribution in [0.2, 0.25) is 0 Å². The number of nitrogens with two attached hydrogens (primary N) is 1. The van der Waals surface area contributed by atoms with E-state index in [-0.39, 0.29) is 6.42 Å². The normalized spacial score (nSPS) is 14.6. The third-order valence-corrected chi connectivity index (χ3v) is 4.41. The van der Waals surface area contributed by atoms with Crippen LogP contribution in [0.4, 0.5) is 0 Å². The van der Waals surface area contributed by atoms with Gasteiger partial charge in [-0.15, -0.1) is 0 Å². The molecule has 0 bridgehead atoms. The van der Waals surface area contributed by atoms with E-state index in [4.69, 9.17) is 10.8 Å². The lowest BCUT2D eigenvalue weighted by Crippen LogP contribution is -2.22. The predicted octanol–water partition coefficient (Wildman–Crippen LogP) is 1.11. The number of rotatable bonds is 4. The summed E-state index contributed by atoms with van der Waals surface area (Å²) in [5.41, 5.74) is 6.52. The molecule has 0 amide bonds. The first-order valence-electron chi connectivity index (χ1n) is 5.17. The molecule has 90 valence electrons. The summed E-state index contributed by atoms with van der Waals surface area (Å²) in [5, 5.41) is 10.1. The Labute approximate surface area is 98.4 Å². The van der Waals surface area contributed by atoms with Crippen LogP contribution < -0.4 is 11.0 Å². The van der Waals surface area contributed by atoms with Crippen LogP contribution in [0.5, 0.6) is 0 Å². The van der Waals surface area contributed by atoms with E-state index in [0.717, 1.165) is 10.9 Å². The van der Waals surface area contributed by atoms with Crippen LogP contribution in [-0.4, -0.2) is 21.8 Å². The Hall–Kier alpha value is -1.58. The van der Waals surface area contributed by atoms with Crippen LogP contribution in [0.15, 0.2) is 30.5 Å². The van der Waals surface area contributed by atoms with Gasteiger partial charge in [-0.1, -0.05) is 18.2 Å². The van der Waals surface area contributed by atoms with Gasteiger partial charge in [0, 0.05) is 22.4 Å². The molecule has 0 aliphatic rings. The van der Waals surface area contributed by atoms with E-state index >= 15 is 0 Å². The van der Waals surface area contributed by atoms with Gasteiger partial charge in [0.25, 0.3) is 0 Å². The number of hydrogen-bond donors (Lipinski definition) is 3. The average molecular weight is 252 g/mol. The highest BCUT2D eigenvalue weighted by molar-refractivity contribution is 7.54. The number of carboxylic acids is 1. The van der Waals surface area contributed by atoms with Gasteiger partial charge in [-0.3, -0.25) is 4.79 Å². The molecule has 0 spiro atoms. The molecule has 0 saturated carbocycles. The maximum absolute atomic E-state index is 12.1. The van der Waals surface area contributed by atoms with Crippen molar-refractivity contribution in [1.82, 2.24) is 4.98 Å². The number of nitrogens with one attached hydrogen (secondary N) is 1. The van der Waals surface area contributed by atoms with E-state index in [9.17, 15) is 9.36 Å². The van der Waals surface area contributed by atoms with Crippen LogP contribution in [0, 0.1) is 0 Å². The first kappa shape index (κ1) is 11.9.